The lowest BCUT2D eigenvalue weighted by Crippen LogP contribution is -1.82. The van der Waals surface area contributed by atoms with E-state index in [1.54, 1.807) is 12.2 Å². The predicted molar refractivity (Wildman–Crippen MR) is 44.1 cm³/mol. The molecule has 0 aromatic rings. The van der Waals surface area contributed by atoms with Crippen molar-refractivity contribution >= 4 is 0 Å². The lowest BCUT2D eigenvalue weighted by molar-refractivity contribution is 0.516. The topological polar surface area (TPSA) is 40.5 Å². The van der Waals surface area contributed by atoms with E-state index in [0.29, 0.717) is 0 Å². The average Bonchev–Trinajstić information content (AvgIpc) is 2.11. The fraction of sp³-hybridized carbons (Fsp3) is 0. The van der Waals surface area contributed by atoms with E-state index in [9.17, 15) is 0 Å². The van der Waals surface area contributed by atoms with E-state index < -0.39 is 0 Å². The van der Waals surface area contributed by atoms with Crippen LogP contribution in [0, 0.1) is 48.7 Å². The second kappa shape index (κ2) is 5.37. The van der Waals surface area contributed by atoms with Crippen molar-refractivity contribution in [2.24, 2.45) is 0 Å². The Morgan fingerprint density at radius 1 is 0.833 bits per heavy atom. The summed E-state index contributed by atoms with van der Waals surface area (Å²) in [6, 6.07) is 0. The van der Waals surface area contributed by atoms with Crippen LogP contribution >= 0.6 is 0 Å². The zero-order valence-corrected chi connectivity index (χ0v) is 6.05. The second-order valence-electron chi connectivity index (χ2n) is 1.51. The highest BCUT2D eigenvalue weighted by atomic mass is 16.2. The van der Waals surface area contributed by atoms with Gasteiger partial charge in [0.05, 0.1) is 0 Å². The lowest BCUT2D eigenvalue weighted by atomic mass is 10.1. The van der Waals surface area contributed by atoms with E-state index >= 15 is 0 Å². The summed E-state index contributed by atoms with van der Waals surface area (Å²) in [5.41, 5.74) is 0.142. The third kappa shape index (κ3) is 2.45. The molecule has 0 aromatic heterocycles. The number of terminal acetylenes is 2. The van der Waals surface area contributed by atoms with Gasteiger partial charge in [0.15, 0.2) is 0 Å². The molecule has 0 aliphatic carbocycles. The Bertz CT molecular complexity index is 352. The third-order valence-electron chi connectivity index (χ3n) is 0.900. The maximum atomic E-state index is 8.21. The molecule has 0 aromatic carbocycles. The molecule has 0 amide bonds. The minimum absolute atomic E-state index is 0.0709. The van der Waals surface area contributed by atoms with Crippen molar-refractivity contribution in [3.05, 3.63) is 11.1 Å². The first kappa shape index (κ1) is 9.58. The summed E-state index contributed by atoms with van der Waals surface area (Å²) in [6.45, 7) is 0. The standard InChI is InChI=1S/C10H4O2/c1-3-9(5-7-11)10(4-2)6-8-12/h1-2,11-12H. The number of aliphatic hydroxyl groups excluding tert-OH is 2. The van der Waals surface area contributed by atoms with Crippen LogP contribution < -0.4 is 0 Å². The molecule has 0 fully saturated rings. The van der Waals surface area contributed by atoms with Crippen LogP contribution in [0.1, 0.15) is 0 Å². The third-order valence-corrected chi connectivity index (χ3v) is 0.900. The van der Waals surface area contributed by atoms with Crippen molar-refractivity contribution in [3.8, 4) is 48.7 Å². The summed E-state index contributed by atoms with van der Waals surface area (Å²) < 4.78 is 0. The van der Waals surface area contributed by atoms with Crippen LogP contribution in [-0.4, -0.2) is 10.2 Å². The molecule has 0 spiro atoms. The maximum Gasteiger partial charge on any atom is 0.113 e. The first-order chi connectivity index (χ1) is 5.79. The van der Waals surface area contributed by atoms with Crippen LogP contribution in [0.15, 0.2) is 11.1 Å². The molecule has 0 atom stereocenters. The van der Waals surface area contributed by atoms with Crippen LogP contribution in [0.2, 0.25) is 0 Å². The molecule has 2 nitrogen and oxygen atoms in total. The van der Waals surface area contributed by atoms with Crippen LogP contribution in [0.5, 0.6) is 0 Å². The van der Waals surface area contributed by atoms with Crippen molar-refractivity contribution < 1.29 is 10.2 Å². The highest BCUT2D eigenvalue weighted by Gasteiger charge is 1.94. The average molecular weight is 156 g/mol. The molecule has 0 unspecified atom stereocenters. The van der Waals surface area contributed by atoms with E-state index in [4.69, 9.17) is 23.1 Å². The Morgan fingerprint density at radius 2 is 1.17 bits per heavy atom. The predicted octanol–water partition coefficient (Wildman–Crippen LogP) is 0.216. The van der Waals surface area contributed by atoms with Crippen molar-refractivity contribution in [2.75, 3.05) is 0 Å². The van der Waals surface area contributed by atoms with E-state index in [1.165, 1.54) is 0 Å². The van der Waals surface area contributed by atoms with E-state index in [2.05, 4.69) is 23.7 Å². The first-order valence-corrected chi connectivity index (χ1v) is 2.77. The SMILES string of the molecule is C#CC(C#CO)=C(C#C)C#CO. The highest BCUT2D eigenvalue weighted by Crippen LogP contribution is 1.99. The van der Waals surface area contributed by atoms with Gasteiger partial charge in [0.2, 0.25) is 0 Å². The van der Waals surface area contributed by atoms with E-state index in [-0.39, 0.29) is 11.1 Å². The zero-order chi connectivity index (χ0) is 9.40. The van der Waals surface area contributed by atoms with Crippen molar-refractivity contribution in [1.29, 1.82) is 0 Å². The largest absolute Gasteiger partial charge is 0.462 e. The Morgan fingerprint density at radius 3 is 1.33 bits per heavy atom. The first-order valence-electron chi connectivity index (χ1n) is 2.77. The summed E-state index contributed by atoms with van der Waals surface area (Å²) in [6.07, 6.45) is 13.2. The van der Waals surface area contributed by atoms with Gasteiger partial charge < -0.3 is 10.2 Å². The highest BCUT2D eigenvalue weighted by molar-refractivity contribution is 5.58. The maximum absolute atomic E-state index is 8.21. The van der Waals surface area contributed by atoms with Gasteiger partial charge in [0, 0.05) is 0 Å². The zero-order valence-electron chi connectivity index (χ0n) is 6.05. The van der Waals surface area contributed by atoms with Gasteiger partial charge in [-0.1, -0.05) is 11.8 Å². The number of hydrogen-bond donors (Lipinski definition) is 2. The van der Waals surface area contributed by atoms with Gasteiger partial charge >= 0.3 is 0 Å². The molecule has 56 valence electrons. The van der Waals surface area contributed by atoms with Gasteiger partial charge in [-0.15, -0.1) is 12.8 Å². The molecule has 0 bridgehead atoms. The summed E-state index contributed by atoms with van der Waals surface area (Å²) in [5, 5.41) is 16.4. The smallest absolute Gasteiger partial charge is 0.113 e. The minimum atomic E-state index is 0.0709. The fourth-order valence-corrected chi connectivity index (χ4v) is 0.453. The fourth-order valence-electron chi connectivity index (χ4n) is 0.453. The number of hydrogen-bond acceptors (Lipinski definition) is 2. The summed E-state index contributed by atoms with van der Waals surface area (Å²) in [5.74, 6) is 8.58. The Hall–Kier alpha value is -2.42. The van der Waals surface area contributed by atoms with Gasteiger partial charge in [-0.2, -0.15) is 0 Å². The van der Waals surface area contributed by atoms with Gasteiger partial charge in [0.1, 0.15) is 23.4 Å². The van der Waals surface area contributed by atoms with Gasteiger partial charge in [0.25, 0.3) is 0 Å². The van der Waals surface area contributed by atoms with Crippen LogP contribution in [-0.2, 0) is 0 Å². The van der Waals surface area contributed by atoms with E-state index in [1.807, 2.05) is 0 Å². The lowest BCUT2D eigenvalue weighted by Gasteiger charge is -1.86. The van der Waals surface area contributed by atoms with E-state index in [0.717, 1.165) is 0 Å². The van der Waals surface area contributed by atoms with Crippen molar-refractivity contribution in [1.82, 2.24) is 0 Å². The molecule has 0 saturated carbocycles. The summed E-state index contributed by atoms with van der Waals surface area (Å²) >= 11 is 0. The molecule has 0 rings (SSSR count). The summed E-state index contributed by atoms with van der Waals surface area (Å²) in [4.78, 5) is 0. The van der Waals surface area contributed by atoms with Gasteiger partial charge in [-0.05, 0) is 11.8 Å². The minimum Gasteiger partial charge on any atom is -0.462 e. The van der Waals surface area contributed by atoms with Crippen LogP contribution in [0.4, 0.5) is 0 Å². The molecule has 2 heteroatoms. The van der Waals surface area contributed by atoms with Gasteiger partial charge in [-0.3, -0.25) is 0 Å². The van der Waals surface area contributed by atoms with Gasteiger partial charge in [-0.25, -0.2) is 0 Å². The molecule has 12 heavy (non-hydrogen) atoms. The van der Waals surface area contributed by atoms with Crippen molar-refractivity contribution in [3.63, 3.8) is 0 Å². The van der Waals surface area contributed by atoms with Crippen LogP contribution in [0.3, 0.4) is 0 Å². The number of rotatable bonds is 0. The quantitative estimate of drug-likeness (QED) is 0.492. The normalized spacial score (nSPS) is 8.50. The Labute approximate surface area is 70.9 Å². The monoisotopic (exact) mass is 156 g/mol. The Balaban J connectivity index is 5.29. The molecule has 2 N–H and O–H groups in total. The van der Waals surface area contributed by atoms with Crippen molar-refractivity contribution in [2.45, 2.75) is 0 Å². The molecule has 0 heterocycles. The molecule has 0 radical (unpaired) electrons. The van der Waals surface area contributed by atoms with Crippen LogP contribution in [0.25, 0.3) is 0 Å². The second-order valence-corrected chi connectivity index (χ2v) is 1.51. The summed E-state index contributed by atoms with van der Waals surface area (Å²) in [7, 11) is 0. The molecule has 0 aliphatic heterocycles. The Kier molecular flexibility index (Phi) is 4.29. The molecule has 0 aliphatic rings. The molecule has 0 saturated heterocycles. The molecular formula is C10H4O2. The number of allylic oxidation sites excluding steroid dienone is 2. The number of aliphatic hydroxyl groups is 2. The molecular weight excluding hydrogens is 152 g/mol.